The van der Waals surface area contributed by atoms with Crippen molar-refractivity contribution in [2.24, 2.45) is 0 Å². The minimum atomic E-state index is -0.416. The molecule has 0 aromatic heterocycles. The van der Waals surface area contributed by atoms with Gasteiger partial charge in [-0.05, 0) is 43.6 Å². The van der Waals surface area contributed by atoms with Crippen LogP contribution in [0.25, 0.3) is 0 Å². The lowest BCUT2D eigenvalue weighted by Crippen LogP contribution is -2.43. The van der Waals surface area contributed by atoms with Gasteiger partial charge in [-0.15, -0.1) is 0 Å². The van der Waals surface area contributed by atoms with Gasteiger partial charge in [-0.25, -0.2) is 4.79 Å². The molecular formula is C18H24ClN3O3. The molecule has 0 aliphatic carbocycles. The average molecular weight is 366 g/mol. The van der Waals surface area contributed by atoms with Gasteiger partial charge in [0.25, 0.3) is 0 Å². The summed E-state index contributed by atoms with van der Waals surface area (Å²) in [6.45, 7) is 3.45. The molecule has 25 heavy (non-hydrogen) atoms. The second-order valence-electron chi connectivity index (χ2n) is 6.50. The topological polar surface area (TPSA) is 61.9 Å². The second-order valence-corrected chi connectivity index (χ2v) is 6.94. The average Bonchev–Trinajstić information content (AvgIpc) is 3.02. The number of cyclic esters (lactones) is 1. The summed E-state index contributed by atoms with van der Waals surface area (Å²) in [6, 6.07) is 7.93. The van der Waals surface area contributed by atoms with Gasteiger partial charge in [-0.1, -0.05) is 30.2 Å². The minimum absolute atomic E-state index is 0.0478. The summed E-state index contributed by atoms with van der Waals surface area (Å²) in [5, 5.41) is 3.68. The number of carbonyl (C=O) groups excluding carboxylic acids is 2. The van der Waals surface area contributed by atoms with E-state index in [0.717, 1.165) is 18.7 Å². The van der Waals surface area contributed by atoms with Crippen LogP contribution < -0.4 is 5.32 Å². The Labute approximate surface area is 153 Å². The normalized spacial score (nSPS) is 19.6. The van der Waals surface area contributed by atoms with Crippen molar-refractivity contribution in [3.63, 3.8) is 0 Å². The van der Waals surface area contributed by atoms with E-state index in [-0.39, 0.29) is 18.5 Å². The summed E-state index contributed by atoms with van der Waals surface area (Å²) in [7, 11) is 0. The Bertz CT molecular complexity index is 602. The number of nitrogens with zero attached hydrogens (tertiary/aromatic N) is 2. The van der Waals surface area contributed by atoms with E-state index in [1.54, 1.807) is 0 Å². The van der Waals surface area contributed by atoms with Crippen LogP contribution in [0.15, 0.2) is 24.3 Å². The predicted molar refractivity (Wildman–Crippen MR) is 95.5 cm³/mol. The first-order valence-electron chi connectivity index (χ1n) is 8.81. The number of rotatable bonds is 6. The van der Waals surface area contributed by atoms with Gasteiger partial charge in [-0.2, -0.15) is 0 Å². The Hall–Kier alpha value is -1.79. The van der Waals surface area contributed by atoms with Gasteiger partial charge in [0, 0.05) is 11.6 Å². The molecule has 6 nitrogen and oxygen atoms in total. The smallest absolute Gasteiger partial charge is 0.410 e. The third-order valence-electron chi connectivity index (χ3n) is 4.76. The van der Waals surface area contributed by atoms with Gasteiger partial charge in [0.15, 0.2) is 0 Å². The summed E-state index contributed by atoms with van der Waals surface area (Å²) in [6.07, 6.45) is 3.20. The summed E-state index contributed by atoms with van der Waals surface area (Å²) in [5.74, 6) is -0.158. The fourth-order valence-corrected chi connectivity index (χ4v) is 3.51. The van der Waals surface area contributed by atoms with E-state index in [9.17, 15) is 9.59 Å². The molecule has 1 atom stereocenters. The van der Waals surface area contributed by atoms with Crippen LogP contribution >= 0.6 is 11.6 Å². The summed E-state index contributed by atoms with van der Waals surface area (Å²) < 4.78 is 4.85. The predicted octanol–water partition coefficient (Wildman–Crippen LogP) is 2.44. The van der Waals surface area contributed by atoms with E-state index in [4.69, 9.17) is 16.3 Å². The first-order valence-corrected chi connectivity index (χ1v) is 9.19. The number of piperidine rings is 1. The molecule has 0 bridgehead atoms. The van der Waals surface area contributed by atoms with Gasteiger partial charge >= 0.3 is 6.09 Å². The highest BCUT2D eigenvalue weighted by Crippen LogP contribution is 2.25. The number of ether oxygens (including phenoxy) is 1. The van der Waals surface area contributed by atoms with Crippen molar-refractivity contribution < 1.29 is 14.3 Å². The van der Waals surface area contributed by atoms with Gasteiger partial charge in [-0.3, -0.25) is 14.6 Å². The Morgan fingerprint density at radius 2 is 1.88 bits per heavy atom. The molecule has 3 rings (SSSR count). The molecule has 2 saturated heterocycles. The second kappa shape index (κ2) is 8.54. The number of hydrogen-bond donors (Lipinski definition) is 1. The van der Waals surface area contributed by atoms with Crippen LogP contribution in [0.1, 0.15) is 30.9 Å². The Morgan fingerprint density at radius 3 is 2.52 bits per heavy atom. The van der Waals surface area contributed by atoms with Crippen LogP contribution in [0, 0.1) is 0 Å². The first-order chi connectivity index (χ1) is 12.1. The van der Waals surface area contributed by atoms with Gasteiger partial charge in [0.1, 0.15) is 13.2 Å². The fourth-order valence-electron chi connectivity index (χ4n) is 3.38. The molecule has 136 valence electrons. The zero-order valence-electron chi connectivity index (χ0n) is 14.2. The lowest BCUT2D eigenvalue weighted by Gasteiger charge is -2.35. The highest BCUT2D eigenvalue weighted by atomic mass is 35.5. The number of hydrogen-bond acceptors (Lipinski definition) is 4. The molecule has 2 heterocycles. The largest absolute Gasteiger partial charge is 0.448 e. The number of nitrogens with one attached hydrogen (secondary N) is 1. The van der Waals surface area contributed by atoms with Crippen LogP contribution in [0.2, 0.25) is 5.02 Å². The Kier molecular flexibility index (Phi) is 6.15. The highest BCUT2D eigenvalue weighted by molar-refractivity contribution is 6.30. The summed E-state index contributed by atoms with van der Waals surface area (Å²) >= 11 is 6.01. The van der Waals surface area contributed by atoms with E-state index in [0.29, 0.717) is 24.7 Å². The van der Waals surface area contributed by atoms with Crippen LogP contribution in [0.4, 0.5) is 4.79 Å². The molecule has 0 spiro atoms. The Morgan fingerprint density at radius 1 is 1.16 bits per heavy atom. The van der Waals surface area contributed by atoms with Gasteiger partial charge < -0.3 is 10.1 Å². The van der Waals surface area contributed by atoms with Crippen LogP contribution in [-0.2, 0) is 9.53 Å². The number of amides is 2. The fraction of sp³-hybridized carbons (Fsp3) is 0.556. The lowest BCUT2D eigenvalue weighted by molar-refractivity contribution is -0.121. The molecule has 0 radical (unpaired) electrons. The van der Waals surface area contributed by atoms with E-state index >= 15 is 0 Å². The van der Waals surface area contributed by atoms with Gasteiger partial charge in [0.05, 0.1) is 12.6 Å². The maximum atomic E-state index is 12.2. The third kappa shape index (κ3) is 4.86. The van der Waals surface area contributed by atoms with Gasteiger partial charge in [0.2, 0.25) is 5.91 Å². The van der Waals surface area contributed by atoms with Crippen LogP contribution in [-0.4, -0.2) is 61.1 Å². The van der Waals surface area contributed by atoms with Crippen molar-refractivity contribution >= 4 is 23.6 Å². The van der Waals surface area contributed by atoms with Crippen molar-refractivity contribution in [2.45, 2.75) is 25.3 Å². The molecule has 2 aliphatic rings. The molecule has 0 unspecified atom stereocenters. The van der Waals surface area contributed by atoms with Crippen LogP contribution in [0.3, 0.4) is 0 Å². The molecule has 1 aromatic rings. The maximum absolute atomic E-state index is 12.2. The van der Waals surface area contributed by atoms with Crippen molar-refractivity contribution in [3.8, 4) is 0 Å². The molecule has 1 N–H and O–H groups in total. The summed E-state index contributed by atoms with van der Waals surface area (Å²) in [4.78, 5) is 27.5. The first kappa shape index (κ1) is 18.0. The van der Waals surface area contributed by atoms with E-state index in [1.165, 1.54) is 24.2 Å². The van der Waals surface area contributed by atoms with Crippen molar-refractivity contribution in [3.05, 3.63) is 34.9 Å². The monoisotopic (exact) mass is 365 g/mol. The number of benzene rings is 1. The SMILES string of the molecule is O=C(CN1CCOC1=O)NC[C@H](c1ccc(Cl)cc1)N1CCCCC1. The molecule has 1 aromatic carbocycles. The summed E-state index contributed by atoms with van der Waals surface area (Å²) in [5.41, 5.74) is 1.15. The molecule has 7 heteroatoms. The quantitative estimate of drug-likeness (QED) is 0.841. The van der Waals surface area contributed by atoms with Crippen molar-refractivity contribution in [1.29, 1.82) is 0 Å². The van der Waals surface area contributed by atoms with E-state index in [2.05, 4.69) is 10.2 Å². The lowest BCUT2D eigenvalue weighted by atomic mass is 10.0. The molecular weight excluding hydrogens is 342 g/mol. The minimum Gasteiger partial charge on any atom is -0.448 e. The number of carbonyl (C=O) groups is 2. The Balaban J connectivity index is 1.61. The highest BCUT2D eigenvalue weighted by Gasteiger charge is 2.26. The molecule has 2 fully saturated rings. The standard InChI is InChI=1S/C18H24ClN3O3/c19-15-6-4-14(5-7-15)16(21-8-2-1-3-9-21)12-20-17(23)13-22-10-11-25-18(22)24/h4-7,16H,1-3,8-13H2,(H,20,23)/t16-/m1/s1. The maximum Gasteiger partial charge on any atom is 0.410 e. The number of likely N-dealkylation sites (tertiary alicyclic amines) is 1. The van der Waals surface area contributed by atoms with E-state index < -0.39 is 6.09 Å². The number of halogens is 1. The molecule has 2 aliphatic heterocycles. The molecule has 2 amide bonds. The third-order valence-corrected chi connectivity index (χ3v) is 5.01. The zero-order chi connectivity index (χ0) is 17.6. The van der Waals surface area contributed by atoms with Crippen molar-refractivity contribution in [2.75, 3.05) is 39.3 Å². The van der Waals surface area contributed by atoms with Crippen LogP contribution in [0.5, 0.6) is 0 Å². The van der Waals surface area contributed by atoms with Crippen molar-refractivity contribution in [1.82, 2.24) is 15.1 Å². The molecule has 0 saturated carbocycles. The van der Waals surface area contributed by atoms with E-state index in [1.807, 2.05) is 24.3 Å². The zero-order valence-corrected chi connectivity index (χ0v) is 15.0.